The van der Waals surface area contributed by atoms with Gasteiger partial charge in [0, 0.05) is 37.3 Å². The molecule has 2 saturated heterocycles. The fourth-order valence-corrected chi connectivity index (χ4v) is 8.18. The zero-order valence-corrected chi connectivity index (χ0v) is 25.7. The van der Waals surface area contributed by atoms with E-state index in [4.69, 9.17) is 4.74 Å². The van der Waals surface area contributed by atoms with Crippen LogP contribution in [0.5, 0.6) is 0 Å². The molecular formula is C31H29F9N2O5S. The van der Waals surface area contributed by atoms with E-state index in [1.807, 2.05) is 0 Å². The second-order valence-corrected chi connectivity index (χ2v) is 13.7. The predicted octanol–water partition coefficient (Wildman–Crippen LogP) is 5.62. The quantitative estimate of drug-likeness (QED) is 0.228. The molecule has 2 aliphatic rings. The van der Waals surface area contributed by atoms with E-state index in [0.29, 0.717) is 37.4 Å². The Morgan fingerprint density at radius 3 is 1.92 bits per heavy atom. The highest BCUT2D eigenvalue weighted by Crippen LogP contribution is 2.54. The van der Waals surface area contributed by atoms with Crippen LogP contribution >= 0.6 is 0 Å². The van der Waals surface area contributed by atoms with E-state index in [9.17, 15) is 53.0 Å². The number of alkyl halides is 6. The third kappa shape index (κ3) is 6.31. The van der Waals surface area contributed by atoms with Gasteiger partial charge < -0.3 is 14.6 Å². The number of rotatable bonds is 9. The largest absolute Gasteiger partial charge is 0.430 e. The van der Waals surface area contributed by atoms with Crippen molar-refractivity contribution < 1.29 is 62.5 Å². The summed E-state index contributed by atoms with van der Waals surface area (Å²) in [5, 5.41) is 11.1. The normalized spacial score (nSPS) is 21.0. The van der Waals surface area contributed by atoms with Gasteiger partial charge in [-0.3, -0.25) is 9.80 Å². The maximum absolute atomic E-state index is 14.5. The lowest BCUT2D eigenvalue weighted by Gasteiger charge is -2.38. The van der Waals surface area contributed by atoms with Gasteiger partial charge in [-0.25, -0.2) is 21.6 Å². The predicted molar refractivity (Wildman–Crippen MR) is 151 cm³/mol. The first-order chi connectivity index (χ1) is 22.4. The number of hydrogen-bond acceptors (Lipinski definition) is 7. The van der Waals surface area contributed by atoms with Gasteiger partial charge in [0.15, 0.2) is 16.2 Å². The van der Waals surface area contributed by atoms with Crippen LogP contribution in [0.25, 0.3) is 0 Å². The summed E-state index contributed by atoms with van der Waals surface area (Å²) in [6, 6.07) is 8.24. The van der Waals surface area contributed by atoms with Crippen molar-refractivity contribution in [2.24, 2.45) is 0 Å². The molecule has 2 aliphatic heterocycles. The summed E-state index contributed by atoms with van der Waals surface area (Å²) in [7, 11) is -4.55. The van der Waals surface area contributed by atoms with Gasteiger partial charge in [-0.1, -0.05) is 30.3 Å². The van der Waals surface area contributed by atoms with E-state index < -0.39 is 80.6 Å². The Morgan fingerprint density at radius 2 is 1.38 bits per heavy atom. The third-order valence-corrected chi connectivity index (χ3v) is 11.2. The van der Waals surface area contributed by atoms with Crippen molar-refractivity contribution in [1.29, 1.82) is 0 Å². The Kier molecular flexibility index (Phi) is 9.95. The fraction of sp³-hybridized carbons (Fsp3) is 0.419. The molecule has 1 N–H and O–H groups in total. The highest BCUT2D eigenvalue weighted by molar-refractivity contribution is 7.92. The van der Waals surface area contributed by atoms with E-state index in [1.165, 1.54) is 4.90 Å². The van der Waals surface area contributed by atoms with Crippen molar-refractivity contribution in [3.8, 4) is 0 Å². The van der Waals surface area contributed by atoms with Crippen LogP contribution in [0.4, 0.5) is 39.5 Å². The maximum Gasteiger partial charge on any atom is 0.430 e. The second kappa shape index (κ2) is 13.2. The standard InChI is InChI=1S/C31H29F9N2O5S/c32-22-8-10-23(11-9-22)48(44,45)28(12-13-42(19-28)27(43)41-14-16-46-17-15-41)20-4-6-21(7-5-20)29(30(35,36)37,31(38,39)40)47-18-24-25(33)2-1-3-26(24)34/h1-11,27,43H,12-19H2/t27?,28-/m0/s1. The summed E-state index contributed by atoms with van der Waals surface area (Å²) >= 11 is 0. The zero-order valence-electron chi connectivity index (χ0n) is 24.9. The molecule has 0 radical (unpaired) electrons. The van der Waals surface area contributed by atoms with Gasteiger partial charge in [-0.2, -0.15) is 26.3 Å². The zero-order chi connectivity index (χ0) is 35.1. The first-order valence-electron chi connectivity index (χ1n) is 14.5. The molecule has 0 amide bonds. The van der Waals surface area contributed by atoms with Crippen molar-refractivity contribution in [3.63, 3.8) is 0 Å². The molecule has 17 heteroatoms. The topological polar surface area (TPSA) is 79.3 Å². The molecule has 7 nitrogen and oxygen atoms in total. The van der Waals surface area contributed by atoms with Crippen LogP contribution in [-0.2, 0) is 36.3 Å². The summed E-state index contributed by atoms with van der Waals surface area (Å²) in [5.74, 6) is -3.61. The summed E-state index contributed by atoms with van der Waals surface area (Å²) in [5.41, 5.74) is -7.99. The van der Waals surface area contributed by atoms with Crippen LogP contribution in [0.1, 0.15) is 23.1 Å². The van der Waals surface area contributed by atoms with Crippen molar-refractivity contribution in [3.05, 3.63) is 101 Å². The van der Waals surface area contributed by atoms with Gasteiger partial charge in [-0.15, -0.1) is 0 Å². The van der Waals surface area contributed by atoms with Crippen LogP contribution in [0, 0.1) is 17.5 Å². The average Bonchev–Trinajstić information content (AvgIpc) is 3.49. The van der Waals surface area contributed by atoms with Gasteiger partial charge in [0.1, 0.15) is 22.2 Å². The Balaban J connectivity index is 1.59. The van der Waals surface area contributed by atoms with E-state index >= 15 is 0 Å². The van der Waals surface area contributed by atoms with Crippen molar-refractivity contribution in [2.75, 3.05) is 39.4 Å². The number of likely N-dealkylation sites (tertiary alicyclic amines) is 1. The highest BCUT2D eigenvalue weighted by atomic mass is 32.2. The van der Waals surface area contributed by atoms with Crippen LogP contribution in [0.15, 0.2) is 71.6 Å². The van der Waals surface area contributed by atoms with Gasteiger partial charge >= 0.3 is 12.4 Å². The monoisotopic (exact) mass is 712 g/mol. The minimum atomic E-state index is -6.21. The van der Waals surface area contributed by atoms with Crippen molar-refractivity contribution in [1.82, 2.24) is 9.80 Å². The summed E-state index contributed by atoms with van der Waals surface area (Å²) in [6.07, 6.45) is -14.0. The number of morpholine rings is 1. The van der Waals surface area contributed by atoms with Crippen LogP contribution in [0.3, 0.4) is 0 Å². The molecule has 262 valence electrons. The lowest BCUT2D eigenvalue weighted by Crippen LogP contribution is -2.56. The minimum absolute atomic E-state index is 0.0486. The lowest BCUT2D eigenvalue weighted by atomic mass is 9.88. The molecule has 0 aliphatic carbocycles. The average molecular weight is 713 g/mol. The molecule has 0 saturated carbocycles. The van der Waals surface area contributed by atoms with Crippen LogP contribution in [0.2, 0.25) is 0 Å². The molecule has 0 aromatic heterocycles. The number of aliphatic hydroxyl groups is 1. The summed E-state index contributed by atoms with van der Waals surface area (Å²) in [4.78, 5) is 2.65. The van der Waals surface area contributed by atoms with E-state index in [0.717, 1.165) is 42.5 Å². The van der Waals surface area contributed by atoms with Crippen molar-refractivity contribution >= 4 is 9.84 Å². The van der Waals surface area contributed by atoms with Gasteiger partial charge in [-0.05, 0) is 48.4 Å². The molecule has 2 heterocycles. The smallest absolute Gasteiger partial charge is 0.379 e. The Morgan fingerprint density at radius 1 is 0.812 bits per heavy atom. The molecule has 3 aromatic rings. The fourth-order valence-electron chi connectivity index (χ4n) is 6.09. The molecule has 0 bridgehead atoms. The number of ether oxygens (including phenoxy) is 2. The van der Waals surface area contributed by atoms with Crippen molar-refractivity contribution in [2.45, 2.75) is 47.0 Å². The number of benzene rings is 3. The lowest BCUT2D eigenvalue weighted by molar-refractivity contribution is -0.392. The molecule has 1 unspecified atom stereocenters. The number of sulfone groups is 1. The Bertz CT molecular complexity index is 1660. The van der Waals surface area contributed by atoms with Gasteiger partial charge in [0.2, 0.25) is 0 Å². The maximum atomic E-state index is 14.5. The van der Waals surface area contributed by atoms with Crippen LogP contribution in [-0.4, -0.2) is 81.4 Å². The Hall–Kier alpha value is -3.22. The van der Waals surface area contributed by atoms with E-state index in [-0.39, 0.29) is 36.6 Å². The molecule has 5 rings (SSSR count). The molecule has 0 spiro atoms. The van der Waals surface area contributed by atoms with E-state index in [1.54, 1.807) is 4.90 Å². The summed E-state index contributed by atoms with van der Waals surface area (Å²) in [6.45, 7) is -1.05. The first kappa shape index (κ1) is 36.1. The minimum Gasteiger partial charge on any atom is -0.379 e. The second-order valence-electron chi connectivity index (χ2n) is 11.4. The molecule has 48 heavy (non-hydrogen) atoms. The van der Waals surface area contributed by atoms with E-state index in [2.05, 4.69) is 4.74 Å². The molecule has 2 fully saturated rings. The number of hydrogen-bond donors (Lipinski definition) is 1. The number of aliphatic hydroxyl groups excluding tert-OH is 1. The number of nitrogens with zero attached hydrogens (tertiary/aromatic N) is 2. The molecule has 3 aromatic carbocycles. The SMILES string of the molecule is O=S(=O)(c1ccc(F)cc1)[C@@]1(c2ccc(C(OCc3c(F)cccc3F)(C(F)(F)F)C(F)(F)F)cc2)CCN(C(O)N2CCOCC2)C1. The third-order valence-electron chi connectivity index (χ3n) is 8.71. The molecule has 2 atom stereocenters. The summed E-state index contributed by atoms with van der Waals surface area (Å²) < 4.78 is 165. The van der Waals surface area contributed by atoms with Gasteiger partial charge in [0.05, 0.1) is 24.7 Å². The highest BCUT2D eigenvalue weighted by Gasteiger charge is 2.73. The van der Waals surface area contributed by atoms with Crippen LogP contribution < -0.4 is 0 Å². The first-order valence-corrected chi connectivity index (χ1v) is 16.0. The molecular weight excluding hydrogens is 683 g/mol. The van der Waals surface area contributed by atoms with Gasteiger partial charge in [0.25, 0.3) is 5.60 Å². The number of halogens is 9. The Labute approximate surface area is 269 Å².